The number of carbonyl (C=O) groups excluding carboxylic acids is 1. The molecule has 0 bridgehead atoms. The molecule has 0 aromatic carbocycles. The third-order valence-electron chi connectivity index (χ3n) is 3.25. The van der Waals surface area contributed by atoms with Crippen molar-refractivity contribution in [2.75, 3.05) is 31.7 Å². The van der Waals surface area contributed by atoms with E-state index in [4.69, 9.17) is 25.8 Å². The SMILES string of the molecule is C=CCOCC(COCC=C)OCn1cnc2nc(NC(C)=O)nc(Cl)c21. The Morgan fingerprint density at radius 2 is 1.96 bits per heavy atom. The van der Waals surface area contributed by atoms with Crippen molar-refractivity contribution in [3.05, 3.63) is 36.8 Å². The predicted octanol–water partition coefficient (Wildman–Crippen LogP) is 2.19. The quantitative estimate of drug-likeness (QED) is 0.334. The highest BCUT2D eigenvalue weighted by Gasteiger charge is 2.15. The fraction of sp³-hybridized carbons (Fsp3) is 0.412. The van der Waals surface area contributed by atoms with Gasteiger partial charge in [-0.2, -0.15) is 9.97 Å². The molecule has 2 aromatic rings. The molecule has 0 radical (unpaired) electrons. The van der Waals surface area contributed by atoms with Crippen molar-refractivity contribution < 1.29 is 19.0 Å². The Morgan fingerprint density at radius 3 is 2.56 bits per heavy atom. The lowest BCUT2D eigenvalue weighted by atomic mass is 10.4. The number of nitrogens with zero attached hydrogens (tertiary/aromatic N) is 4. The first-order valence-electron chi connectivity index (χ1n) is 8.20. The second kappa shape index (κ2) is 10.7. The monoisotopic (exact) mass is 395 g/mol. The number of imidazole rings is 1. The zero-order chi connectivity index (χ0) is 19.6. The van der Waals surface area contributed by atoms with Crippen molar-refractivity contribution in [1.29, 1.82) is 0 Å². The molecule has 0 saturated carbocycles. The molecule has 0 aliphatic heterocycles. The molecular formula is C17H22ClN5O4. The largest absolute Gasteiger partial charge is 0.375 e. The Hall–Kier alpha value is -2.33. The lowest BCUT2D eigenvalue weighted by Crippen LogP contribution is -2.27. The highest BCUT2D eigenvalue weighted by Crippen LogP contribution is 2.21. The lowest BCUT2D eigenvalue weighted by molar-refractivity contribution is -0.114. The summed E-state index contributed by atoms with van der Waals surface area (Å²) in [5.41, 5.74) is 0.855. The second-order valence-electron chi connectivity index (χ2n) is 5.48. The van der Waals surface area contributed by atoms with Crippen LogP contribution in [-0.2, 0) is 25.7 Å². The molecule has 1 amide bonds. The predicted molar refractivity (Wildman–Crippen MR) is 102 cm³/mol. The minimum Gasteiger partial charge on any atom is -0.375 e. The molecule has 9 nitrogen and oxygen atoms in total. The number of aromatic nitrogens is 4. The van der Waals surface area contributed by atoms with E-state index in [0.29, 0.717) is 37.6 Å². The number of rotatable bonds is 12. The first kappa shape index (κ1) is 21.0. The van der Waals surface area contributed by atoms with Crippen LogP contribution in [0.2, 0.25) is 5.15 Å². The van der Waals surface area contributed by atoms with Gasteiger partial charge in [-0.1, -0.05) is 23.8 Å². The summed E-state index contributed by atoms with van der Waals surface area (Å²) in [7, 11) is 0. The average molecular weight is 396 g/mol. The Morgan fingerprint density at radius 1 is 1.30 bits per heavy atom. The number of hydrogen-bond acceptors (Lipinski definition) is 7. The minimum atomic E-state index is -0.305. The number of nitrogens with one attached hydrogen (secondary N) is 1. The van der Waals surface area contributed by atoms with Crippen molar-refractivity contribution >= 4 is 34.6 Å². The van der Waals surface area contributed by atoms with E-state index in [1.165, 1.54) is 13.3 Å². The molecule has 27 heavy (non-hydrogen) atoms. The summed E-state index contributed by atoms with van der Waals surface area (Å²) in [6.45, 7) is 10.2. The Labute approximate surface area is 162 Å². The van der Waals surface area contributed by atoms with Gasteiger partial charge in [-0.25, -0.2) is 4.98 Å². The lowest BCUT2D eigenvalue weighted by Gasteiger charge is -2.18. The Bertz CT molecular complexity index is 781. The molecule has 1 N–H and O–H groups in total. The summed E-state index contributed by atoms with van der Waals surface area (Å²) in [5, 5.41) is 2.64. The van der Waals surface area contributed by atoms with Gasteiger partial charge in [-0.05, 0) is 0 Å². The number of fused-ring (bicyclic) bond motifs is 1. The van der Waals surface area contributed by atoms with Crippen LogP contribution in [0.15, 0.2) is 31.6 Å². The van der Waals surface area contributed by atoms with Crippen LogP contribution in [-0.4, -0.2) is 58.0 Å². The number of anilines is 1. The smallest absolute Gasteiger partial charge is 0.233 e. The van der Waals surface area contributed by atoms with Crippen LogP contribution in [0.25, 0.3) is 11.2 Å². The van der Waals surface area contributed by atoms with Crippen molar-refractivity contribution in [2.24, 2.45) is 0 Å². The number of hydrogen-bond donors (Lipinski definition) is 1. The van der Waals surface area contributed by atoms with Crippen LogP contribution in [0.5, 0.6) is 0 Å². The molecule has 0 unspecified atom stereocenters. The standard InChI is InChI=1S/C17H22ClN5O4/c1-4-6-25-8-13(9-26-7-5-2)27-11-23-10-19-16-14(23)15(18)21-17(22-16)20-12(3)24/h4-5,10,13H,1-2,6-9,11H2,3H3,(H,20,21,22,24). The van der Waals surface area contributed by atoms with Gasteiger partial charge >= 0.3 is 0 Å². The molecule has 146 valence electrons. The molecule has 0 aliphatic rings. The van der Waals surface area contributed by atoms with Gasteiger partial charge in [0, 0.05) is 6.92 Å². The van der Waals surface area contributed by atoms with Crippen molar-refractivity contribution in [3.63, 3.8) is 0 Å². The molecule has 0 aliphatic carbocycles. The first-order valence-corrected chi connectivity index (χ1v) is 8.57. The van der Waals surface area contributed by atoms with Crippen molar-refractivity contribution in [3.8, 4) is 0 Å². The van der Waals surface area contributed by atoms with E-state index in [1.54, 1.807) is 16.7 Å². The highest BCUT2D eigenvalue weighted by molar-refractivity contribution is 6.33. The number of amides is 1. The van der Waals surface area contributed by atoms with Crippen LogP contribution >= 0.6 is 11.6 Å². The number of carbonyl (C=O) groups is 1. The highest BCUT2D eigenvalue weighted by atomic mass is 35.5. The molecular weight excluding hydrogens is 374 g/mol. The summed E-state index contributed by atoms with van der Waals surface area (Å²) in [6.07, 6.45) is 4.55. The molecule has 2 heterocycles. The zero-order valence-electron chi connectivity index (χ0n) is 15.1. The van der Waals surface area contributed by atoms with Crippen LogP contribution in [0.4, 0.5) is 5.95 Å². The summed E-state index contributed by atoms with van der Waals surface area (Å²) < 4.78 is 18.4. The second-order valence-corrected chi connectivity index (χ2v) is 5.83. The average Bonchev–Trinajstić information content (AvgIpc) is 3.02. The Kier molecular flexibility index (Phi) is 8.34. The van der Waals surface area contributed by atoms with Crippen LogP contribution in [0.3, 0.4) is 0 Å². The summed E-state index contributed by atoms with van der Waals surface area (Å²) in [5.74, 6) is -0.199. The normalized spacial score (nSPS) is 11.1. The molecule has 2 rings (SSSR count). The van der Waals surface area contributed by atoms with Gasteiger partial charge in [0.15, 0.2) is 10.8 Å². The van der Waals surface area contributed by atoms with Crippen LogP contribution in [0.1, 0.15) is 6.92 Å². The van der Waals surface area contributed by atoms with E-state index in [9.17, 15) is 4.79 Å². The minimum absolute atomic E-state index is 0.0969. The maximum absolute atomic E-state index is 11.1. The third-order valence-corrected chi connectivity index (χ3v) is 3.51. The fourth-order valence-corrected chi connectivity index (χ4v) is 2.42. The fourth-order valence-electron chi connectivity index (χ4n) is 2.14. The molecule has 2 aromatic heterocycles. The van der Waals surface area contributed by atoms with Gasteiger partial charge in [0.1, 0.15) is 18.4 Å². The maximum atomic E-state index is 11.1. The topological polar surface area (TPSA) is 100 Å². The van der Waals surface area contributed by atoms with Gasteiger partial charge in [-0.15, -0.1) is 13.2 Å². The van der Waals surface area contributed by atoms with E-state index < -0.39 is 0 Å². The number of halogens is 1. The van der Waals surface area contributed by atoms with Gasteiger partial charge in [0.2, 0.25) is 11.9 Å². The van der Waals surface area contributed by atoms with Gasteiger partial charge in [0.25, 0.3) is 0 Å². The summed E-state index contributed by atoms with van der Waals surface area (Å²) >= 11 is 6.22. The molecule has 0 saturated heterocycles. The van der Waals surface area contributed by atoms with Crippen LogP contribution < -0.4 is 5.32 Å². The van der Waals surface area contributed by atoms with E-state index in [0.717, 1.165) is 0 Å². The number of ether oxygens (including phenoxy) is 3. The van der Waals surface area contributed by atoms with Crippen molar-refractivity contribution in [1.82, 2.24) is 19.5 Å². The molecule has 10 heteroatoms. The van der Waals surface area contributed by atoms with Gasteiger partial charge < -0.3 is 18.8 Å². The van der Waals surface area contributed by atoms with Crippen LogP contribution in [0, 0.1) is 0 Å². The molecule has 0 atom stereocenters. The molecule has 0 spiro atoms. The Balaban J connectivity index is 2.07. The van der Waals surface area contributed by atoms with Crippen molar-refractivity contribution in [2.45, 2.75) is 19.8 Å². The maximum Gasteiger partial charge on any atom is 0.233 e. The van der Waals surface area contributed by atoms with E-state index in [-0.39, 0.29) is 29.8 Å². The van der Waals surface area contributed by atoms with Gasteiger partial charge in [-0.3, -0.25) is 10.1 Å². The third kappa shape index (κ3) is 6.40. The van der Waals surface area contributed by atoms with Gasteiger partial charge in [0.05, 0.1) is 32.8 Å². The zero-order valence-corrected chi connectivity index (χ0v) is 15.8. The first-order chi connectivity index (χ1) is 13.0. The van der Waals surface area contributed by atoms with E-state index >= 15 is 0 Å². The van der Waals surface area contributed by atoms with E-state index in [1.807, 2.05) is 0 Å². The summed E-state index contributed by atoms with van der Waals surface area (Å²) in [4.78, 5) is 23.5. The summed E-state index contributed by atoms with van der Waals surface area (Å²) in [6, 6.07) is 0. The molecule has 0 fully saturated rings. The van der Waals surface area contributed by atoms with E-state index in [2.05, 4.69) is 33.4 Å².